The van der Waals surface area contributed by atoms with Crippen LogP contribution in [0.1, 0.15) is 50.6 Å². The van der Waals surface area contributed by atoms with E-state index in [1.165, 1.54) is 32.1 Å². The van der Waals surface area contributed by atoms with E-state index in [9.17, 15) is 4.39 Å². The van der Waals surface area contributed by atoms with Crippen LogP contribution in [0.4, 0.5) is 10.1 Å². The Balaban J connectivity index is 2.17. The molecule has 1 aliphatic carbocycles. The van der Waals surface area contributed by atoms with Crippen LogP contribution in [0.3, 0.4) is 0 Å². The lowest BCUT2D eigenvalue weighted by Gasteiger charge is -2.31. The van der Waals surface area contributed by atoms with E-state index >= 15 is 0 Å². The molecule has 0 amide bonds. The summed E-state index contributed by atoms with van der Waals surface area (Å²) in [5.74, 6) is 0.606. The van der Waals surface area contributed by atoms with Gasteiger partial charge in [-0.3, -0.25) is 0 Å². The zero-order valence-electron chi connectivity index (χ0n) is 13.0. The molecule has 1 unspecified atom stereocenters. The second-order valence-electron chi connectivity index (χ2n) is 6.07. The average Bonchev–Trinajstić information content (AvgIpc) is 2.47. The van der Waals surface area contributed by atoms with E-state index in [0.29, 0.717) is 5.92 Å². The molecule has 2 rings (SSSR count). The Morgan fingerprint density at radius 1 is 1.30 bits per heavy atom. The first-order valence-corrected chi connectivity index (χ1v) is 7.80. The molecule has 0 aromatic heterocycles. The summed E-state index contributed by atoms with van der Waals surface area (Å²) >= 11 is 0. The van der Waals surface area contributed by atoms with E-state index in [2.05, 4.69) is 17.1 Å². The number of rotatable bonds is 5. The van der Waals surface area contributed by atoms with Gasteiger partial charge in [0.15, 0.2) is 0 Å². The van der Waals surface area contributed by atoms with Gasteiger partial charge in [-0.2, -0.15) is 0 Å². The van der Waals surface area contributed by atoms with Gasteiger partial charge in [-0.15, -0.1) is 0 Å². The topological polar surface area (TPSA) is 15.3 Å². The van der Waals surface area contributed by atoms with Crippen LogP contribution < -0.4 is 10.2 Å². The number of benzene rings is 1. The predicted molar refractivity (Wildman–Crippen MR) is 83.7 cm³/mol. The lowest BCUT2D eigenvalue weighted by atomic mass is 9.88. The van der Waals surface area contributed by atoms with Gasteiger partial charge in [0.25, 0.3) is 0 Å². The van der Waals surface area contributed by atoms with Crippen LogP contribution in [0, 0.1) is 11.7 Å². The van der Waals surface area contributed by atoms with Gasteiger partial charge in [-0.25, -0.2) is 4.39 Å². The van der Waals surface area contributed by atoms with Crippen molar-refractivity contribution < 1.29 is 4.39 Å². The third kappa shape index (κ3) is 3.51. The van der Waals surface area contributed by atoms with Gasteiger partial charge in [-0.1, -0.05) is 31.4 Å². The molecule has 1 atom stereocenters. The molecular weight excluding hydrogens is 251 g/mol. The standard InChI is InChI=1S/C17H27FN2/c1-13(19-2)15-10-7-11-16(18)17(15)20(3)12-14-8-5-4-6-9-14/h7,10-11,13-14,19H,4-6,8-9,12H2,1-3H3. The van der Waals surface area contributed by atoms with Crippen LogP contribution >= 0.6 is 0 Å². The number of para-hydroxylation sites is 1. The van der Waals surface area contributed by atoms with Crippen LogP contribution in [-0.2, 0) is 0 Å². The molecule has 0 radical (unpaired) electrons. The van der Waals surface area contributed by atoms with Crippen LogP contribution in [0.2, 0.25) is 0 Å². The zero-order chi connectivity index (χ0) is 14.5. The number of halogens is 1. The summed E-state index contributed by atoms with van der Waals surface area (Å²) in [5.41, 5.74) is 1.81. The highest BCUT2D eigenvalue weighted by molar-refractivity contribution is 5.55. The summed E-state index contributed by atoms with van der Waals surface area (Å²) in [7, 11) is 3.94. The van der Waals surface area contributed by atoms with E-state index in [4.69, 9.17) is 0 Å². The molecule has 1 fully saturated rings. The van der Waals surface area contributed by atoms with Gasteiger partial charge in [-0.05, 0) is 44.4 Å². The highest BCUT2D eigenvalue weighted by Crippen LogP contribution is 2.31. The molecule has 2 nitrogen and oxygen atoms in total. The van der Waals surface area contributed by atoms with Gasteiger partial charge in [0.05, 0.1) is 5.69 Å². The second-order valence-corrected chi connectivity index (χ2v) is 6.07. The van der Waals surface area contributed by atoms with Gasteiger partial charge in [0.2, 0.25) is 0 Å². The van der Waals surface area contributed by atoms with Crippen molar-refractivity contribution in [3.63, 3.8) is 0 Å². The normalized spacial score (nSPS) is 18.0. The molecule has 0 spiro atoms. The maximum absolute atomic E-state index is 14.3. The molecule has 1 aromatic carbocycles. The summed E-state index contributed by atoms with van der Waals surface area (Å²) in [6, 6.07) is 5.56. The number of hydrogen-bond donors (Lipinski definition) is 1. The van der Waals surface area contributed by atoms with Gasteiger partial charge in [0.1, 0.15) is 5.82 Å². The molecular formula is C17H27FN2. The van der Waals surface area contributed by atoms with Gasteiger partial charge < -0.3 is 10.2 Å². The molecule has 0 bridgehead atoms. The Labute approximate surface area is 122 Å². The SMILES string of the molecule is CNC(C)c1cccc(F)c1N(C)CC1CCCCC1. The van der Waals surface area contributed by atoms with Crippen molar-refractivity contribution >= 4 is 5.69 Å². The molecule has 20 heavy (non-hydrogen) atoms. The maximum atomic E-state index is 14.3. The minimum atomic E-state index is -0.108. The molecule has 1 saturated carbocycles. The lowest BCUT2D eigenvalue weighted by Crippen LogP contribution is -2.29. The van der Waals surface area contributed by atoms with Crippen molar-refractivity contribution in [1.29, 1.82) is 0 Å². The third-order valence-corrected chi connectivity index (χ3v) is 4.56. The van der Waals surface area contributed by atoms with Gasteiger partial charge in [0, 0.05) is 19.6 Å². The fourth-order valence-corrected chi connectivity index (χ4v) is 3.29. The van der Waals surface area contributed by atoms with Crippen molar-refractivity contribution in [3.8, 4) is 0 Å². The molecule has 1 N–H and O–H groups in total. The Kier molecular flexibility index (Phi) is 5.41. The van der Waals surface area contributed by atoms with E-state index in [1.54, 1.807) is 12.1 Å². The Hall–Kier alpha value is -1.09. The molecule has 0 aliphatic heterocycles. The fourth-order valence-electron chi connectivity index (χ4n) is 3.29. The highest BCUT2D eigenvalue weighted by atomic mass is 19.1. The number of nitrogens with zero attached hydrogens (tertiary/aromatic N) is 1. The fraction of sp³-hybridized carbons (Fsp3) is 0.647. The lowest BCUT2D eigenvalue weighted by molar-refractivity contribution is 0.361. The Bertz CT molecular complexity index is 427. The molecule has 3 heteroatoms. The first-order chi connectivity index (χ1) is 9.63. The number of anilines is 1. The molecule has 0 heterocycles. The van der Waals surface area contributed by atoms with Crippen molar-refractivity contribution in [2.75, 3.05) is 25.5 Å². The van der Waals surface area contributed by atoms with Gasteiger partial charge >= 0.3 is 0 Å². The second kappa shape index (κ2) is 7.07. The first kappa shape index (κ1) is 15.3. The molecule has 1 aliphatic rings. The number of nitrogens with one attached hydrogen (secondary N) is 1. The summed E-state index contributed by atoms with van der Waals surface area (Å²) in [6.07, 6.45) is 6.60. The minimum Gasteiger partial charge on any atom is -0.372 e. The number of hydrogen-bond acceptors (Lipinski definition) is 2. The summed E-state index contributed by atoms with van der Waals surface area (Å²) in [4.78, 5) is 2.12. The summed E-state index contributed by atoms with van der Waals surface area (Å²) < 4.78 is 14.3. The molecule has 0 saturated heterocycles. The largest absolute Gasteiger partial charge is 0.372 e. The average molecular weight is 278 g/mol. The smallest absolute Gasteiger partial charge is 0.146 e. The van der Waals surface area contributed by atoms with Crippen LogP contribution in [0.5, 0.6) is 0 Å². The predicted octanol–water partition coefficient (Wildman–Crippen LogP) is 4.12. The van der Waals surface area contributed by atoms with E-state index in [-0.39, 0.29) is 11.9 Å². The van der Waals surface area contributed by atoms with E-state index in [1.807, 2.05) is 20.2 Å². The summed E-state index contributed by atoms with van der Waals surface area (Å²) in [5, 5.41) is 3.21. The monoisotopic (exact) mass is 278 g/mol. The van der Waals surface area contributed by atoms with Crippen molar-refractivity contribution in [3.05, 3.63) is 29.6 Å². The Morgan fingerprint density at radius 3 is 2.65 bits per heavy atom. The third-order valence-electron chi connectivity index (χ3n) is 4.56. The maximum Gasteiger partial charge on any atom is 0.146 e. The first-order valence-electron chi connectivity index (χ1n) is 7.80. The zero-order valence-corrected chi connectivity index (χ0v) is 13.0. The summed E-state index contributed by atoms with van der Waals surface area (Å²) in [6.45, 7) is 3.04. The molecule has 1 aromatic rings. The van der Waals surface area contributed by atoms with Crippen LogP contribution in [0.25, 0.3) is 0 Å². The Morgan fingerprint density at radius 2 is 2.00 bits per heavy atom. The van der Waals surface area contributed by atoms with Crippen LogP contribution in [-0.4, -0.2) is 20.6 Å². The van der Waals surface area contributed by atoms with Crippen molar-refractivity contribution in [2.45, 2.75) is 45.1 Å². The van der Waals surface area contributed by atoms with Crippen LogP contribution in [0.15, 0.2) is 18.2 Å². The van der Waals surface area contributed by atoms with E-state index in [0.717, 1.165) is 17.8 Å². The van der Waals surface area contributed by atoms with E-state index < -0.39 is 0 Å². The molecule has 112 valence electrons. The van der Waals surface area contributed by atoms with Crippen molar-refractivity contribution in [1.82, 2.24) is 5.32 Å². The quantitative estimate of drug-likeness (QED) is 0.871. The highest BCUT2D eigenvalue weighted by Gasteiger charge is 2.20. The van der Waals surface area contributed by atoms with Crippen molar-refractivity contribution in [2.24, 2.45) is 5.92 Å². The minimum absolute atomic E-state index is 0.108.